The van der Waals surface area contributed by atoms with Gasteiger partial charge in [0, 0.05) is 26.1 Å². The van der Waals surface area contributed by atoms with E-state index >= 15 is 0 Å². The van der Waals surface area contributed by atoms with Crippen LogP contribution in [0.2, 0.25) is 0 Å². The minimum Gasteiger partial charge on any atom is -0.384 e. The Morgan fingerprint density at radius 2 is 2.00 bits per heavy atom. The molecular weight excluding hydrogens is 298 g/mol. The maximum absolute atomic E-state index is 5.81. The van der Waals surface area contributed by atoms with Crippen LogP contribution >= 0.6 is 0 Å². The highest BCUT2D eigenvalue weighted by Crippen LogP contribution is 2.35. The van der Waals surface area contributed by atoms with Crippen LogP contribution in [0.25, 0.3) is 0 Å². The smallest absolute Gasteiger partial charge is 0.245 e. The molecule has 1 aromatic heterocycles. The molecule has 0 N–H and O–H groups in total. The Morgan fingerprint density at radius 3 is 2.65 bits per heavy atom. The highest BCUT2D eigenvalue weighted by Gasteiger charge is 2.41. The highest BCUT2D eigenvalue weighted by atomic mass is 16.7. The number of tetrazole rings is 1. The van der Waals surface area contributed by atoms with Crippen molar-refractivity contribution in [3.63, 3.8) is 0 Å². The number of ether oxygens (including phenoxy) is 3. The molecule has 0 aromatic carbocycles. The average molecular weight is 325 g/mol. The van der Waals surface area contributed by atoms with Gasteiger partial charge in [0.25, 0.3) is 0 Å². The molecule has 1 aromatic rings. The Balaban J connectivity index is 1.59. The number of hydrogen-bond donors (Lipinski definition) is 0. The van der Waals surface area contributed by atoms with E-state index in [9.17, 15) is 0 Å². The first-order valence-corrected chi connectivity index (χ1v) is 8.40. The van der Waals surface area contributed by atoms with E-state index in [4.69, 9.17) is 14.2 Å². The lowest BCUT2D eigenvalue weighted by atomic mass is 9.89. The summed E-state index contributed by atoms with van der Waals surface area (Å²) in [6.07, 6.45) is 2.05. The molecule has 0 amide bonds. The maximum Gasteiger partial charge on any atom is 0.245 e. The van der Waals surface area contributed by atoms with Gasteiger partial charge in [-0.05, 0) is 36.1 Å². The second kappa shape index (κ2) is 7.11. The summed E-state index contributed by atoms with van der Waals surface area (Å²) in [5, 5.41) is 12.2. The first kappa shape index (κ1) is 16.6. The first-order chi connectivity index (χ1) is 11.1. The fourth-order valence-electron chi connectivity index (χ4n) is 3.55. The van der Waals surface area contributed by atoms with Gasteiger partial charge >= 0.3 is 0 Å². The zero-order valence-electron chi connectivity index (χ0n) is 14.3. The van der Waals surface area contributed by atoms with Gasteiger partial charge < -0.3 is 19.1 Å². The Morgan fingerprint density at radius 1 is 1.30 bits per heavy atom. The summed E-state index contributed by atoms with van der Waals surface area (Å²) in [5.74, 6) is 1.24. The minimum atomic E-state index is -0.412. The summed E-state index contributed by atoms with van der Waals surface area (Å²) in [6.45, 7) is 8.92. The number of methoxy groups -OCH3 is 1. The minimum absolute atomic E-state index is 0.374. The summed E-state index contributed by atoms with van der Waals surface area (Å²) in [5.41, 5.74) is 0. The molecule has 3 heterocycles. The predicted molar refractivity (Wildman–Crippen MR) is 84.1 cm³/mol. The molecule has 3 rings (SSSR count). The molecule has 23 heavy (non-hydrogen) atoms. The van der Waals surface area contributed by atoms with Crippen LogP contribution in [0, 0.1) is 11.8 Å². The Bertz CT molecular complexity index is 495. The molecule has 2 saturated heterocycles. The van der Waals surface area contributed by atoms with Crippen molar-refractivity contribution in [2.24, 2.45) is 11.8 Å². The standard InChI is InChI=1S/C15H27N5O3/c1-12(11-21-3)10-20-14(16-17-18-20)19-6-4-13(5-7-19)15(2)22-8-9-23-15/h12-13H,4-11H2,1-3H3. The number of anilines is 1. The summed E-state index contributed by atoms with van der Waals surface area (Å²) in [6, 6.07) is 0. The van der Waals surface area contributed by atoms with Crippen LogP contribution < -0.4 is 4.90 Å². The van der Waals surface area contributed by atoms with E-state index in [0.29, 0.717) is 31.7 Å². The Kier molecular flexibility index (Phi) is 5.13. The summed E-state index contributed by atoms with van der Waals surface area (Å²) in [4.78, 5) is 2.26. The third-order valence-electron chi connectivity index (χ3n) is 4.83. The fourth-order valence-corrected chi connectivity index (χ4v) is 3.55. The molecule has 2 aliphatic rings. The van der Waals surface area contributed by atoms with Crippen LogP contribution in [-0.2, 0) is 20.8 Å². The number of nitrogens with zero attached hydrogens (tertiary/aromatic N) is 5. The van der Waals surface area contributed by atoms with Crippen molar-refractivity contribution in [2.75, 3.05) is 44.9 Å². The van der Waals surface area contributed by atoms with Crippen LogP contribution in [0.15, 0.2) is 0 Å². The van der Waals surface area contributed by atoms with Crippen molar-refractivity contribution >= 4 is 5.95 Å². The molecular formula is C15H27N5O3. The Hall–Kier alpha value is -1.25. The molecule has 0 saturated carbocycles. The molecule has 8 nitrogen and oxygen atoms in total. The Labute approximate surface area is 137 Å². The molecule has 2 aliphatic heterocycles. The SMILES string of the molecule is COCC(C)Cn1nnnc1N1CCC(C2(C)OCCO2)CC1. The largest absolute Gasteiger partial charge is 0.384 e. The van der Waals surface area contributed by atoms with E-state index in [1.807, 2.05) is 4.68 Å². The maximum atomic E-state index is 5.81. The third kappa shape index (κ3) is 3.64. The monoisotopic (exact) mass is 325 g/mol. The molecule has 8 heteroatoms. The molecule has 1 atom stereocenters. The number of piperidine rings is 1. The van der Waals surface area contributed by atoms with E-state index in [1.165, 1.54) is 0 Å². The number of aromatic nitrogens is 4. The van der Waals surface area contributed by atoms with Crippen LogP contribution in [0.5, 0.6) is 0 Å². The number of hydrogen-bond acceptors (Lipinski definition) is 7. The lowest BCUT2D eigenvalue weighted by Gasteiger charge is -2.39. The number of rotatable bonds is 6. The van der Waals surface area contributed by atoms with E-state index in [0.717, 1.165) is 38.4 Å². The van der Waals surface area contributed by atoms with Crippen LogP contribution in [0.4, 0.5) is 5.95 Å². The second-order valence-electron chi connectivity index (χ2n) is 6.70. The zero-order chi connectivity index (χ0) is 16.3. The molecule has 130 valence electrons. The fraction of sp³-hybridized carbons (Fsp3) is 0.933. The van der Waals surface area contributed by atoms with Gasteiger partial charge in [-0.25, -0.2) is 4.68 Å². The van der Waals surface area contributed by atoms with Gasteiger partial charge in [-0.2, -0.15) is 0 Å². The van der Waals surface area contributed by atoms with E-state index in [1.54, 1.807) is 7.11 Å². The molecule has 1 unspecified atom stereocenters. The highest BCUT2D eigenvalue weighted by molar-refractivity contribution is 5.28. The van der Waals surface area contributed by atoms with Crippen molar-refractivity contribution in [3.8, 4) is 0 Å². The molecule has 0 aliphatic carbocycles. The van der Waals surface area contributed by atoms with Crippen molar-refractivity contribution in [2.45, 2.75) is 39.0 Å². The normalized spacial score (nSPS) is 23.3. The molecule has 0 radical (unpaired) electrons. The zero-order valence-corrected chi connectivity index (χ0v) is 14.3. The van der Waals surface area contributed by atoms with Crippen molar-refractivity contribution in [1.82, 2.24) is 20.2 Å². The van der Waals surface area contributed by atoms with Crippen molar-refractivity contribution < 1.29 is 14.2 Å². The summed E-state index contributed by atoms with van der Waals surface area (Å²) < 4.78 is 18.7. The van der Waals surface area contributed by atoms with E-state index < -0.39 is 5.79 Å². The lowest BCUT2D eigenvalue weighted by molar-refractivity contribution is -0.185. The van der Waals surface area contributed by atoms with Gasteiger partial charge in [0.2, 0.25) is 5.95 Å². The quantitative estimate of drug-likeness (QED) is 0.770. The third-order valence-corrected chi connectivity index (χ3v) is 4.83. The molecule has 2 fully saturated rings. The van der Waals surface area contributed by atoms with E-state index in [2.05, 4.69) is 34.3 Å². The second-order valence-corrected chi connectivity index (χ2v) is 6.70. The van der Waals surface area contributed by atoms with Gasteiger partial charge in [0.05, 0.1) is 26.4 Å². The average Bonchev–Trinajstić information content (AvgIpc) is 3.18. The predicted octanol–water partition coefficient (Wildman–Crippen LogP) is 0.935. The van der Waals surface area contributed by atoms with Crippen LogP contribution in [0.3, 0.4) is 0 Å². The van der Waals surface area contributed by atoms with Gasteiger partial charge in [-0.1, -0.05) is 12.0 Å². The van der Waals surface area contributed by atoms with E-state index in [-0.39, 0.29) is 0 Å². The van der Waals surface area contributed by atoms with Gasteiger partial charge in [0.15, 0.2) is 5.79 Å². The van der Waals surface area contributed by atoms with Gasteiger partial charge in [-0.3, -0.25) is 0 Å². The van der Waals surface area contributed by atoms with Crippen molar-refractivity contribution in [1.29, 1.82) is 0 Å². The van der Waals surface area contributed by atoms with Crippen LogP contribution in [-0.4, -0.2) is 66.0 Å². The molecule has 0 bridgehead atoms. The lowest BCUT2D eigenvalue weighted by Crippen LogP contribution is -2.45. The van der Waals surface area contributed by atoms with Crippen molar-refractivity contribution in [3.05, 3.63) is 0 Å². The summed E-state index contributed by atoms with van der Waals surface area (Å²) in [7, 11) is 1.72. The molecule has 0 spiro atoms. The van der Waals surface area contributed by atoms with Gasteiger partial charge in [-0.15, -0.1) is 0 Å². The van der Waals surface area contributed by atoms with Crippen LogP contribution in [0.1, 0.15) is 26.7 Å². The van der Waals surface area contributed by atoms with Gasteiger partial charge in [0.1, 0.15) is 0 Å². The first-order valence-electron chi connectivity index (χ1n) is 8.40. The summed E-state index contributed by atoms with van der Waals surface area (Å²) >= 11 is 0. The topological polar surface area (TPSA) is 74.5 Å².